The first-order chi connectivity index (χ1) is 14.3. The maximum atomic E-state index is 12.3. The van der Waals surface area contributed by atoms with Gasteiger partial charge in [0.15, 0.2) is 0 Å². The summed E-state index contributed by atoms with van der Waals surface area (Å²) in [5.41, 5.74) is 0. The molecule has 30 heavy (non-hydrogen) atoms. The monoisotopic (exact) mass is 422 g/mol. The smallest absolute Gasteiger partial charge is 0.306 e. The number of hydrogen-bond donors (Lipinski definition) is 2. The first-order valence-electron chi connectivity index (χ1n) is 11.8. The molecule has 5 nitrogen and oxygen atoms in total. The maximum absolute atomic E-state index is 12.3. The van der Waals surface area contributed by atoms with Crippen molar-refractivity contribution in [3.8, 4) is 0 Å². The molecule has 4 atom stereocenters. The molecule has 0 bridgehead atoms. The molecule has 1 fully saturated rings. The van der Waals surface area contributed by atoms with Gasteiger partial charge >= 0.3 is 5.97 Å². The Bertz CT molecular complexity index is 552. The molecule has 0 amide bonds. The highest BCUT2D eigenvalue weighted by molar-refractivity contribution is 5.84. The summed E-state index contributed by atoms with van der Waals surface area (Å²) in [6.07, 6.45) is 15.4. The number of rotatable bonds is 15. The van der Waals surface area contributed by atoms with Crippen molar-refractivity contribution in [2.24, 2.45) is 11.8 Å². The van der Waals surface area contributed by atoms with Gasteiger partial charge in [-0.2, -0.15) is 0 Å². The van der Waals surface area contributed by atoms with Crippen molar-refractivity contribution in [2.75, 3.05) is 0 Å². The number of unbranched alkanes of at least 4 members (excludes halogenated alkanes) is 5. The quantitative estimate of drug-likeness (QED) is 0.223. The van der Waals surface area contributed by atoms with Gasteiger partial charge < -0.3 is 14.9 Å². The zero-order chi connectivity index (χ0) is 22.4. The largest absolute Gasteiger partial charge is 0.463 e. The molecular weight excluding hydrogens is 380 g/mol. The van der Waals surface area contributed by atoms with Gasteiger partial charge in [-0.15, -0.1) is 0 Å². The second-order valence-corrected chi connectivity index (χ2v) is 8.71. The SMILES string of the molecule is CCCCCCC[C@H](O)C=C[C@H]1[C@H](O)CC(=O)[C@@H]1CC=CCCCC(=O)OC(C)C. The predicted octanol–water partition coefficient (Wildman–Crippen LogP) is 4.90. The van der Waals surface area contributed by atoms with E-state index in [0.29, 0.717) is 12.8 Å². The first kappa shape index (κ1) is 26.6. The summed E-state index contributed by atoms with van der Waals surface area (Å²) in [6.45, 7) is 5.85. The van der Waals surface area contributed by atoms with E-state index in [1.54, 1.807) is 6.08 Å². The van der Waals surface area contributed by atoms with Crippen LogP contribution in [0.4, 0.5) is 0 Å². The molecule has 0 saturated heterocycles. The van der Waals surface area contributed by atoms with Gasteiger partial charge in [-0.05, 0) is 39.5 Å². The number of aliphatic hydroxyl groups excluding tert-OH is 2. The summed E-state index contributed by atoms with van der Waals surface area (Å²) >= 11 is 0. The molecule has 0 aromatic heterocycles. The third kappa shape index (κ3) is 11.1. The van der Waals surface area contributed by atoms with Gasteiger partial charge in [-0.3, -0.25) is 9.59 Å². The molecule has 0 aromatic rings. The van der Waals surface area contributed by atoms with E-state index < -0.39 is 12.2 Å². The summed E-state index contributed by atoms with van der Waals surface area (Å²) in [5, 5.41) is 20.4. The number of esters is 1. The highest BCUT2D eigenvalue weighted by Gasteiger charge is 2.39. The van der Waals surface area contributed by atoms with Gasteiger partial charge in [0.2, 0.25) is 0 Å². The number of Topliss-reactive ketones (excluding diaryl/α,β-unsaturated/α-hetero) is 1. The van der Waals surface area contributed by atoms with Gasteiger partial charge in [-0.1, -0.05) is 63.3 Å². The zero-order valence-electron chi connectivity index (χ0n) is 19.1. The minimum atomic E-state index is -0.672. The summed E-state index contributed by atoms with van der Waals surface area (Å²) in [6, 6.07) is 0. The van der Waals surface area contributed by atoms with Crippen molar-refractivity contribution < 1.29 is 24.5 Å². The predicted molar refractivity (Wildman–Crippen MR) is 120 cm³/mol. The fourth-order valence-electron chi connectivity index (χ4n) is 3.88. The first-order valence-corrected chi connectivity index (χ1v) is 11.8. The van der Waals surface area contributed by atoms with E-state index in [1.807, 2.05) is 32.1 Å². The molecule has 0 aliphatic heterocycles. The zero-order valence-corrected chi connectivity index (χ0v) is 19.1. The van der Waals surface area contributed by atoms with Crippen molar-refractivity contribution in [1.82, 2.24) is 0 Å². The normalized spacial score (nSPS) is 23.1. The molecule has 5 heteroatoms. The molecule has 1 rings (SSSR count). The van der Waals surface area contributed by atoms with Crippen molar-refractivity contribution in [3.05, 3.63) is 24.3 Å². The van der Waals surface area contributed by atoms with Crippen molar-refractivity contribution in [1.29, 1.82) is 0 Å². The third-order valence-corrected chi connectivity index (χ3v) is 5.57. The van der Waals surface area contributed by atoms with Crippen LogP contribution in [0.15, 0.2) is 24.3 Å². The number of ketones is 1. The van der Waals surface area contributed by atoms with Crippen LogP contribution in [0, 0.1) is 11.8 Å². The molecule has 0 radical (unpaired) electrons. The van der Waals surface area contributed by atoms with E-state index in [1.165, 1.54) is 19.3 Å². The number of aliphatic hydroxyl groups is 2. The Balaban J connectivity index is 2.38. The number of carbonyl (C=O) groups excluding carboxylic acids is 2. The Morgan fingerprint density at radius 2 is 1.90 bits per heavy atom. The summed E-state index contributed by atoms with van der Waals surface area (Å²) < 4.78 is 5.10. The lowest BCUT2D eigenvalue weighted by molar-refractivity contribution is -0.147. The fraction of sp³-hybridized carbons (Fsp3) is 0.760. The van der Waals surface area contributed by atoms with Crippen LogP contribution in [0.5, 0.6) is 0 Å². The van der Waals surface area contributed by atoms with Crippen LogP contribution in [0.2, 0.25) is 0 Å². The van der Waals surface area contributed by atoms with Crippen molar-refractivity contribution >= 4 is 11.8 Å². The highest BCUT2D eigenvalue weighted by atomic mass is 16.5. The molecular formula is C25H42O5. The van der Waals surface area contributed by atoms with Crippen LogP contribution in [0.25, 0.3) is 0 Å². The van der Waals surface area contributed by atoms with Crippen LogP contribution >= 0.6 is 0 Å². The summed E-state index contributed by atoms with van der Waals surface area (Å²) in [5.74, 6) is -0.578. The molecule has 2 N–H and O–H groups in total. The number of ether oxygens (including phenoxy) is 1. The van der Waals surface area contributed by atoms with E-state index >= 15 is 0 Å². The second-order valence-electron chi connectivity index (χ2n) is 8.71. The summed E-state index contributed by atoms with van der Waals surface area (Å²) in [7, 11) is 0. The van der Waals surface area contributed by atoms with Crippen molar-refractivity contribution in [2.45, 2.75) is 110 Å². The van der Waals surface area contributed by atoms with Crippen LogP contribution in [0.1, 0.15) is 91.4 Å². The number of carbonyl (C=O) groups is 2. The van der Waals surface area contributed by atoms with Crippen LogP contribution < -0.4 is 0 Å². The lowest BCUT2D eigenvalue weighted by Crippen LogP contribution is -2.18. The molecule has 1 aliphatic carbocycles. The maximum Gasteiger partial charge on any atom is 0.306 e. The van der Waals surface area contributed by atoms with Gasteiger partial charge in [0, 0.05) is 24.7 Å². The minimum absolute atomic E-state index is 0.0800. The van der Waals surface area contributed by atoms with E-state index in [4.69, 9.17) is 4.74 Å². The van der Waals surface area contributed by atoms with Gasteiger partial charge in [-0.25, -0.2) is 0 Å². The molecule has 0 unspecified atom stereocenters. The van der Waals surface area contributed by atoms with Gasteiger partial charge in [0.1, 0.15) is 5.78 Å². The molecule has 0 spiro atoms. The molecule has 172 valence electrons. The summed E-state index contributed by atoms with van der Waals surface area (Å²) in [4.78, 5) is 23.8. The Morgan fingerprint density at radius 3 is 2.60 bits per heavy atom. The standard InChI is InChI=1S/C25H42O5/c1-4-5-6-7-10-13-20(26)16-17-22-21(23(27)18-24(22)28)14-11-8-9-12-15-25(29)30-19(2)3/h8,11,16-17,19-22,24,26,28H,4-7,9-10,12-15,18H2,1-3H3/t20-,21+,22+,24+/m0/s1. The Hall–Kier alpha value is -1.46. The lowest BCUT2D eigenvalue weighted by Gasteiger charge is -2.16. The third-order valence-electron chi connectivity index (χ3n) is 5.57. The molecule has 1 saturated carbocycles. The van der Waals surface area contributed by atoms with Gasteiger partial charge in [0.25, 0.3) is 0 Å². The molecule has 1 aliphatic rings. The van der Waals surface area contributed by atoms with E-state index in [0.717, 1.165) is 32.1 Å². The Kier molecular flexibility index (Phi) is 13.6. The molecule has 0 heterocycles. The number of allylic oxidation sites excluding steroid dienone is 2. The fourth-order valence-corrected chi connectivity index (χ4v) is 3.88. The Morgan fingerprint density at radius 1 is 1.17 bits per heavy atom. The second kappa shape index (κ2) is 15.4. The average molecular weight is 423 g/mol. The van der Waals surface area contributed by atoms with Crippen LogP contribution in [-0.4, -0.2) is 40.3 Å². The van der Waals surface area contributed by atoms with Crippen LogP contribution in [-0.2, 0) is 14.3 Å². The Labute approximate surface area is 182 Å². The highest BCUT2D eigenvalue weighted by Crippen LogP contribution is 2.33. The van der Waals surface area contributed by atoms with E-state index in [9.17, 15) is 19.8 Å². The minimum Gasteiger partial charge on any atom is -0.463 e. The van der Waals surface area contributed by atoms with Crippen LogP contribution in [0.3, 0.4) is 0 Å². The van der Waals surface area contributed by atoms with E-state index in [-0.39, 0.29) is 36.1 Å². The van der Waals surface area contributed by atoms with Crippen molar-refractivity contribution in [3.63, 3.8) is 0 Å². The number of hydrogen-bond acceptors (Lipinski definition) is 5. The lowest BCUT2D eigenvalue weighted by atomic mass is 9.90. The van der Waals surface area contributed by atoms with Gasteiger partial charge in [0.05, 0.1) is 18.3 Å². The average Bonchev–Trinajstić information content (AvgIpc) is 2.94. The molecule has 0 aromatic carbocycles. The van der Waals surface area contributed by atoms with E-state index in [2.05, 4.69) is 6.92 Å². The topological polar surface area (TPSA) is 83.8 Å².